The Balaban J connectivity index is 1.57. The van der Waals surface area contributed by atoms with Gasteiger partial charge in [-0.2, -0.15) is 0 Å². The van der Waals surface area contributed by atoms with Crippen LogP contribution in [0.25, 0.3) is 0 Å². The summed E-state index contributed by atoms with van der Waals surface area (Å²) >= 11 is 0. The average molecular weight is 328 g/mol. The summed E-state index contributed by atoms with van der Waals surface area (Å²) in [6.07, 6.45) is 0.525. The maximum absolute atomic E-state index is 13.0. The van der Waals surface area contributed by atoms with Gasteiger partial charge in [0.25, 0.3) is 0 Å². The van der Waals surface area contributed by atoms with Crippen molar-refractivity contribution in [2.75, 3.05) is 13.1 Å². The Kier molecular flexibility index (Phi) is 5.61. The SMILES string of the molecule is CC(NCC1CC(O)CN1Cc1ccccc1)c1ccc(F)cc1. The maximum atomic E-state index is 13.0. The second-order valence-electron chi connectivity index (χ2n) is 6.64. The predicted octanol–water partition coefficient (Wildman–Crippen LogP) is 3.11. The first kappa shape index (κ1) is 17.1. The molecule has 0 amide bonds. The fourth-order valence-electron chi connectivity index (χ4n) is 3.36. The lowest BCUT2D eigenvalue weighted by Gasteiger charge is -2.26. The molecule has 0 aliphatic carbocycles. The molecule has 24 heavy (non-hydrogen) atoms. The summed E-state index contributed by atoms with van der Waals surface area (Å²) in [4.78, 5) is 2.34. The Labute approximate surface area is 143 Å². The molecule has 1 fully saturated rings. The molecule has 4 heteroatoms. The molecule has 2 aromatic rings. The molecule has 0 radical (unpaired) electrons. The van der Waals surface area contributed by atoms with E-state index in [9.17, 15) is 9.50 Å². The highest BCUT2D eigenvalue weighted by Gasteiger charge is 2.30. The van der Waals surface area contributed by atoms with Crippen LogP contribution in [0.5, 0.6) is 0 Å². The smallest absolute Gasteiger partial charge is 0.123 e. The summed E-state index contributed by atoms with van der Waals surface area (Å²) in [7, 11) is 0. The zero-order valence-corrected chi connectivity index (χ0v) is 14.0. The molecule has 1 heterocycles. The minimum absolute atomic E-state index is 0.155. The van der Waals surface area contributed by atoms with E-state index in [0.717, 1.165) is 25.1 Å². The molecule has 3 nitrogen and oxygen atoms in total. The number of nitrogens with zero attached hydrogens (tertiary/aromatic N) is 1. The molecule has 1 saturated heterocycles. The third-order valence-corrected chi connectivity index (χ3v) is 4.76. The number of hydrogen-bond acceptors (Lipinski definition) is 3. The van der Waals surface area contributed by atoms with E-state index in [1.54, 1.807) is 0 Å². The maximum Gasteiger partial charge on any atom is 0.123 e. The summed E-state index contributed by atoms with van der Waals surface area (Å²) in [6, 6.07) is 17.4. The van der Waals surface area contributed by atoms with Gasteiger partial charge in [0.1, 0.15) is 5.82 Å². The van der Waals surface area contributed by atoms with Crippen molar-refractivity contribution in [3.8, 4) is 0 Å². The standard InChI is InChI=1S/C20H25FN2O/c1-15(17-7-9-18(21)10-8-17)22-12-19-11-20(24)14-23(19)13-16-5-3-2-4-6-16/h2-10,15,19-20,22,24H,11-14H2,1H3. The van der Waals surface area contributed by atoms with Crippen LogP contribution >= 0.6 is 0 Å². The zero-order valence-electron chi connectivity index (χ0n) is 14.0. The highest BCUT2D eigenvalue weighted by atomic mass is 19.1. The van der Waals surface area contributed by atoms with Gasteiger partial charge in [0.15, 0.2) is 0 Å². The van der Waals surface area contributed by atoms with E-state index in [4.69, 9.17) is 0 Å². The summed E-state index contributed by atoms with van der Waals surface area (Å²) in [5.41, 5.74) is 2.34. The van der Waals surface area contributed by atoms with Crippen molar-refractivity contribution in [1.29, 1.82) is 0 Å². The number of rotatable bonds is 6. The molecule has 0 saturated carbocycles. The number of aliphatic hydroxyl groups is 1. The van der Waals surface area contributed by atoms with Crippen LogP contribution < -0.4 is 5.32 Å². The Bertz CT molecular complexity index is 632. The zero-order chi connectivity index (χ0) is 16.9. The van der Waals surface area contributed by atoms with E-state index in [1.165, 1.54) is 17.7 Å². The highest BCUT2D eigenvalue weighted by molar-refractivity contribution is 5.19. The molecule has 2 aromatic carbocycles. The molecule has 1 aliphatic rings. The van der Waals surface area contributed by atoms with Crippen molar-refractivity contribution in [2.45, 2.75) is 38.1 Å². The first-order chi connectivity index (χ1) is 11.6. The van der Waals surface area contributed by atoms with Gasteiger partial charge in [0, 0.05) is 31.7 Å². The highest BCUT2D eigenvalue weighted by Crippen LogP contribution is 2.21. The van der Waals surface area contributed by atoms with E-state index < -0.39 is 0 Å². The lowest BCUT2D eigenvalue weighted by atomic mass is 10.1. The van der Waals surface area contributed by atoms with Crippen molar-refractivity contribution in [3.05, 3.63) is 71.5 Å². The Hall–Kier alpha value is -1.75. The van der Waals surface area contributed by atoms with Crippen LogP contribution in [-0.2, 0) is 6.54 Å². The number of likely N-dealkylation sites (tertiary alicyclic amines) is 1. The van der Waals surface area contributed by atoms with Crippen LogP contribution in [0.3, 0.4) is 0 Å². The number of nitrogens with one attached hydrogen (secondary N) is 1. The van der Waals surface area contributed by atoms with E-state index >= 15 is 0 Å². The molecule has 0 bridgehead atoms. The van der Waals surface area contributed by atoms with Crippen molar-refractivity contribution < 1.29 is 9.50 Å². The second kappa shape index (κ2) is 7.88. The van der Waals surface area contributed by atoms with Crippen molar-refractivity contribution >= 4 is 0 Å². The summed E-state index contributed by atoms with van der Waals surface area (Å²) < 4.78 is 13.0. The van der Waals surface area contributed by atoms with Gasteiger partial charge in [0.05, 0.1) is 6.10 Å². The third kappa shape index (κ3) is 4.41. The molecular weight excluding hydrogens is 303 g/mol. The fourth-order valence-corrected chi connectivity index (χ4v) is 3.36. The second-order valence-corrected chi connectivity index (χ2v) is 6.64. The van der Waals surface area contributed by atoms with Crippen molar-refractivity contribution in [1.82, 2.24) is 10.2 Å². The van der Waals surface area contributed by atoms with Gasteiger partial charge < -0.3 is 10.4 Å². The lowest BCUT2D eigenvalue weighted by molar-refractivity contribution is 0.172. The first-order valence-electron chi connectivity index (χ1n) is 8.56. The van der Waals surface area contributed by atoms with Crippen LogP contribution in [0.15, 0.2) is 54.6 Å². The molecule has 2 N–H and O–H groups in total. The van der Waals surface area contributed by atoms with E-state index in [0.29, 0.717) is 12.6 Å². The fraction of sp³-hybridized carbons (Fsp3) is 0.400. The van der Waals surface area contributed by atoms with E-state index in [1.807, 2.05) is 30.3 Å². The van der Waals surface area contributed by atoms with Crippen LogP contribution in [0, 0.1) is 5.82 Å². The molecule has 3 unspecified atom stereocenters. The topological polar surface area (TPSA) is 35.5 Å². The van der Waals surface area contributed by atoms with Gasteiger partial charge in [-0.3, -0.25) is 4.90 Å². The molecule has 1 aliphatic heterocycles. The Morgan fingerprint density at radius 1 is 1.17 bits per heavy atom. The van der Waals surface area contributed by atoms with Crippen LogP contribution in [0.4, 0.5) is 4.39 Å². The average Bonchev–Trinajstić information content (AvgIpc) is 2.93. The van der Waals surface area contributed by atoms with Gasteiger partial charge in [-0.05, 0) is 36.6 Å². The molecule has 3 rings (SSSR count). The molecule has 0 aromatic heterocycles. The number of β-amino-alcohol motifs (C(OH)–C–C–N with tert-alkyl or cyclic N) is 1. The lowest BCUT2D eigenvalue weighted by Crippen LogP contribution is -2.38. The van der Waals surface area contributed by atoms with Gasteiger partial charge in [0.2, 0.25) is 0 Å². The van der Waals surface area contributed by atoms with Gasteiger partial charge in [-0.1, -0.05) is 42.5 Å². The van der Waals surface area contributed by atoms with Crippen molar-refractivity contribution in [2.24, 2.45) is 0 Å². The van der Waals surface area contributed by atoms with Crippen LogP contribution in [-0.4, -0.2) is 35.2 Å². The van der Waals surface area contributed by atoms with Gasteiger partial charge in [-0.25, -0.2) is 4.39 Å². The molecular formula is C20H25FN2O. The van der Waals surface area contributed by atoms with Gasteiger partial charge >= 0.3 is 0 Å². The third-order valence-electron chi connectivity index (χ3n) is 4.76. The monoisotopic (exact) mass is 328 g/mol. The minimum atomic E-state index is -0.262. The summed E-state index contributed by atoms with van der Waals surface area (Å²) in [5, 5.41) is 13.6. The van der Waals surface area contributed by atoms with Crippen LogP contribution in [0.2, 0.25) is 0 Å². The first-order valence-corrected chi connectivity index (χ1v) is 8.56. The minimum Gasteiger partial charge on any atom is -0.392 e. The normalized spacial score (nSPS) is 22.6. The Morgan fingerprint density at radius 3 is 2.58 bits per heavy atom. The van der Waals surface area contributed by atoms with E-state index in [-0.39, 0.29) is 18.0 Å². The molecule has 3 atom stereocenters. The summed E-state index contributed by atoms with van der Waals surface area (Å²) in [5.74, 6) is -0.209. The quantitative estimate of drug-likeness (QED) is 0.855. The predicted molar refractivity (Wildman–Crippen MR) is 94.1 cm³/mol. The summed E-state index contributed by atoms with van der Waals surface area (Å²) in [6.45, 7) is 4.46. The number of benzene rings is 2. The number of hydrogen-bond donors (Lipinski definition) is 2. The van der Waals surface area contributed by atoms with Crippen molar-refractivity contribution in [3.63, 3.8) is 0 Å². The Morgan fingerprint density at radius 2 is 1.88 bits per heavy atom. The molecule has 0 spiro atoms. The largest absolute Gasteiger partial charge is 0.392 e. The van der Waals surface area contributed by atoms with Gasteiger partial charge in [-0.15, -0.1) is 0 Å². The van der Waals surface area contributed by atoms with E-state index in [2.05, 4.69) is 29.3 Å². The van der Waals surface area contributed by atoms with Crippen LogP contribution in [0.1, 0.15) is 30.5 Å². The number of halogens is 1. The number of aliphatic hydroxyl groups excluding tert-OH is 1. The molecule has 128 valence electrons.